The number of nitrogens with zero attached hydrogens (tertiary/aromatic N) is 1. The molecule has 0 aromatic heterocycles. The van der Waals surface area contributed by atoms with E-state index in [1.54, 1.807) is 0 Å². The summed E-state index contributed by atoms with van der Waals surface area (Å²) in [5.41, 5.74) is 0. The van der Waals surface area contributed by atoms with Gasteiger partial charge in [0.1, 0.15) is 6.04 Å². The first-order chi connectivity index (χ1) is 8.01. The number of rotatable bonds is 9. The van der Waals surface area contributed by atoms with Crippen LogP contribution in [0.3, 0.4) is 0 Å². The van der Waals surface area contributed by atoms with Crippen molar-refractivity contribution in [1.82, 2.24) is 10.2 Å². The zero-order valence-electron chi connectivity index (χ0n) is 11.0. The van der Waals surface area contributed by atoms with Crippen LogP contribution in [0.15, 0.2) is 0 Å². The van der Waals surface area contributed by atoms with Gasteiger partial charge in [-0.15, -0.1) is 0 Å². The van der Waals surface area contributed by atoms with Gasteiger partial charge < -0.3 is 15.3 Å². The second kappa shape index (κ2) is 8.98. The number of carboxylic acids is 1. The number of carbonyl (C=O) groups excluding carboxylic acids is 1. The monoisotopic (exact) mass is 244 g/mol. The number of aliphatic carboxylic acids is 1. The van der Waals surface area contributed by atoms with Crippen molar-refractivity contribution < 1.29 is 14.7 Å². The molecular formula is C12H24N2O3. The molecule has 1 amide bonds. The number of carboxylic acid groups (broad SMARTS) is 1. The van der Waals surface area contributed by atoms with Crippen molar-refractivity contribution in [3.63, 3.8) is 0 Å². The molecule has 100 valence electrons. The molecule has 0 aliphatic rings. The number of hydrogen-bond donors (Lipinski definition) is 2. The molecule has 0 bridgehead atoms. The van der Waals surface area contributed by atoms with Crippen LogP contribution >= 0.6 is 0 Å². The topological polar surface area (TPSA) is 69.6 Å². The lowest BCUT2D eigenvalue weighted by atomic mass is 10.2. The zero-order valence-corrected chi connectivity index (χ0v) is 11.0. The largest absolute Gasteiger partial charge is 0.480 e. The predicted octanol–water partition coefficient (Wildman–Crippen LogP) is 1.09. The Hall–Kier alpha value is -1.10. The molecule has 2 N–H and O–H groups in total. The second-order valence-corrected chi connectivity index (χ2v) is 4.17. The molecule has 17 heavy (non-hydrogen) atoms. The summed E-state index contributed by atoms with van der Waals surface area (Å²) in [5, 5.41) is 11.1. The third-order valence-electron chi connectivity index (χ3n) is 2.68. The van der Waals surface area contributed by atoms with Gasteiger partial charge in [-0.25, -0.2) is 0 Å². The van der Waals surface area contributed by atoms with Gasteiger partial charge in [-0.05, 0) is 26.4 Å². The summed E-state index contributed by atoms with van der Waals surface area (Å²) >= 11 is 0. The van der Waals surface area contributed by atoms with Crippen LogP contribution in [0.25, 0.3) is 0 Å². The van der Waals surface area contributed by atoms with Gasteiger partial charge in [0.25, 0.3) is 0 Å². The highest BCUT2D eigenvalue weighted by atomic mass is 16.4. The number of carbonyl (C=O) groups is 2. The Morgan fingerprint density at radius 1 is 1.29 bits per heavy atom. The fourth-order valence-corrected chi connectivity index (χ4v) is 1.44. The molecule has 0 saturated heterocycles. The van der Waals surface area contributed by atoms with Crippen molar-refractivity contribution in [1.29, 1.82) is 0 Å². The lowest BCUT2D eigenvalue weighted by Gasteiger charge is -2.19. The van der Waals surface area contributed by atoms with Crippen LogP contribution in [0.5, 0.6) is 0 Å². The van der Waals surface area contributed by atoms with E-state index in [1.807, 2.05) is 0 Å². The molecule has 0 heterocycles. The highest BCUT2D eigenvalue weighted by Crippen LogP contribution is 1.97. The van der Waals surface area contributed by atoms with Crippen molar-refractivity contribution in [3.05, 3.63) is 0 Å². The lowest BCUT2D eigenvalue weighted by molar-refractivity contribution is -0.141. The van der Waals surface area contributed by atoms with E-state index in [0.29, 0.717) is 13.0 Å². The van der Waals surface area contributed by atoms with Crippen LogP contribution in [-0.4, -0.2) is 47.6 Å². The minimum atomic E-state index is -1.00. The Labute approximate surface area is 103 Å². The Kier molecular flexibility index (Phi) is 8.40. The van der Waals surface area contributed by atoms with Gasteiger partial charge in [0.15, 0.2) is 0 Å². The van der Waals surface area contributed by atoms with E-state index < -0.39 is 12.0 Å². The van der Waals surface area contributed by atoms with E-state index in [-0.39, 0.29) is 5.91 Å². The average Bonchev–Trinajstić information content (AvgIpc) is 2.29. The molecule has 5 nitrogen and oxygen atoms in total. The van der Waals surface area contributed by atoms with Gasteiger partial charge in [-0.2, -0.15) is 0 Å². The molecule has 0 aliphatic heterocycles. The molecule has 0 aromatic carbocycles. The van der Waals surface area contributed by atoms with E-state index in [2.05, 4.69) is 24.1 Å². The SMILES string of the molecule is CCCCN(CC)CCC(=O)NC(C)C(=O)O. The number of amides is 1. The molecule has 0 radical (unpaired) electrons. The van der Waals surface area contributed by atoms with Crippen molar-refractivity contribution in [2.24, 2.45) is 0 Å². The summed E-state index contributed by atoms with van der Waals surface area (Å²) < 4.78 is 0. The summed E-state index contributed by atoms with van der Waals surface area (Å²) in [6, 6.07) is -0.812. The minimum absolute atomic E-state index is 0.199. The fourth-order valence-electron chi connectivity index (χ4n) is 1.44. The number of hydrogen-bond acceptors (Lipinski definition) is 3. The van der Waals surface area contributed by atoms with Gasteiger partial charge >= 0.3 is 5.97 Å². The summed E-state index contributed by atoms with van der Waals surface area (Å²) in [6.45, 7) is 8.27. The van der Waals surface area contributed by atoms with Crippen molar-refractivity contribution in [2.45, 2.75) is 46.1 Å². The maximum atomic E-state index is 11.5. The Morgan fingerprint density at radius 3 is 2.41 bits per heavy atom. The second-order valence-electron chi connectivity index (χ2n) is 4.17. The fraction of sp³-hybridized carbons (Fsp3) is 0.833. The summed E-state index contributed by atoms with van der Waals surface area (Å²) in [6.07, 6.45) is 2.62. The zero-order chi connectivity index (χ0) is 13.3. The molecule has 0 rings (SSSR count). The van der Waals surface area contributed by atoms with Crippen molar-refractivity contribution >= 4 is 11.9 Å². The van der Waals surface area contributed by atoms with E-state index in [0.717, 1.165) is 25.9 Å². The van der Waals surface area contributed by atoms with Crippen LogP contribution in [-0.2, 0) is 9.59 Å². The molecule has 0 fully saturated rings. The molecular weight excluding hydrogens is 220 g/mol. The van der Waals surface area contributed by atoms with E-state index in [9.17, 15) is 9.59 Å². The minimum Gasteiger partial charge on any atom is -0.480 e. The maximum absolute atomic E-state index is 11.5. The van der Waals surface area contributed by atoms with Gasteiger partial charge in [0, 0.05) is 13.0 Å². The Bertz CT molecular complexity index is 244. The molecule has 1 unspecified atom stereocenters. The van der Waals surface area contributed by atoms with E-state index in [4.69, 9.17) is 5.11 Å². The van der Waals surface area contributed by atoms with Gasteiger partial charge in [-0.1, -0.05) is 20.3 Å². The molecule has 5 heteroatoms. The lowest BCUT2D eigenvalue weighted by Crippen LogP contribution is -2.40. The predicted molar refractivity (Wildman–Crippen MR) is 66.9 cm³/mol. The third kappa shape index (κ3) is 7.74. The molecule has 0 aromatic rings. The quantitative estimate of drug-likeness (QED) is 0.637. The van der Waals surface area contributed by atoms with Crippen LogP contribution < -0.4 is 5.32 Å². The smallest absolute Gasteiger partial charge is 0.325 e. The molecule has 1 atom stereocenters. The first-order valence-electron chi connectivity index (χ1n) is 6.25. The van der Waals surface area contributed by atoms with E-state index in [1.165, 1.54) is 6.92 Å². The normalized spacial score (nSPS) is 12.5. The summed E-state index contributed by atoms with van der Waals surface area (Å²) in [4.78, 5) is 24.2. The van der Waals surface area contributed by atoms with Crippen LogP contribution in [0.1, 0.15) is 40.0 Å². The number of unbranched alkanes of at least 4 members (excludes halogenated alkanes) is 1. The highest BCUT2D eigenvalue weighted by molar-refractivity contribution is 5.83. The standard InChI is InChI=1S/C12H24N2O3/c1-4-6-8-14(5-2)9-7-11(15)13-10(3)12(16)17/h10H,4-9H2,1-3H3,(H,13,15)(H,16,17). The van der Waals surface area contributed by atoms with Gasteiger partial charge in [0.2, 0.25) is 5.91 Å². The number of nitrogens with one attached hydrogen (secondary N) is 1. The Morgan fingerprint density at radius 2 is 1.94 bits per heavy atom. The van der Waals surface area contributed by atoms with Gasteiger partial charge in [0.05, 0.1) is 0 Å². The highest BCUT2D eigenvalue weighted by Gasteiger charge is 2.14. The van der Waals surface area contributed by atoms with Crippen LogP contribution in [0, 0.1) is 0 Å². The third-order valence-corrected chi connectivity index (χ3v) is 2.68. The molecule has 0 aliphatic carbocycles. The maximum Gasteiger partial charge on any atom is 0.325 e. The van der Waals surface area contributed by atoms with Crippen LogP contribution in [0.4, 0.5) is 0 Å². The molecule has 0 spiro atoms. The first-order valence-corrected chi connectivity index (χ1v) is 6.25. The van der Waals surface area contributed by atoms with Crippen LogP contribution in [0.2, 0.25) is 0 Å². The Balaban J connectivity index is 3.84. The van der Waals surface area contributed by atoms with Crippen molar-refractivity contribution in [2.75, 3.05) is 19.6 Å². The summed E-state index contributed by atoms with van der Waals surface area (Å²) in [7, 11) is 0. The van der Waals surface area contributed by atoms with Gasteiger partial charge in [-0.3, -0.25) is 9.59 Å². The van der Waals surface area contributed by atoms with Crippen molar-refractivity contribution in [3.8, 4) is 0 Å². The first kappa shape index (κ1) is 15.9. The summed E-state index contributed by atoms with van der Waals surface area (Å²) in [5.74, 6) is -1.20. The molecule has 0 saturated carbocycles. The average molecular weight is 244 g/mol. The van der Waals surface area contributed by atoms with E-state index >= 15 is 0 Å².